The van der Waals surface area contributed by atoms with Crippen molar-refractivity contribution in [2.45, 2.75) is 6.04 Å². The Morgan fingerprint density at radius 3 is 2.75 bits per heavy atom. The summed E-state index contributed by atoms with van der Waals surface area (Å²) in [6, 6.07) is 12.8. The fraction of sp³-hybridized carbons (Fsp3) is 0.176. The van der Waals surface area contributed by atoms with Crippen LogP contribution in [-0.2, 0) is 4.74 Å². The number of fused-ring (bicyclic) bond motifs is 1. The van der Waals surface area contributed by atoms with Crippen LogP contribution >= 0.6 is 0 Å². The van der Waals surface area contributed by atoms with E-state index >= 15 is 0 Å². The number of aromatic nitrogens is 3. The molecular formula is C17H13N5O2. The maximum atomic E-state index is 12.4. The van der Waals surface area contributed by atoms with Gasteiger partial charge in [-0.25, -0.2) is 9.50 Å². The summed E-state index contributed by atoms with van der Waals surface area (Å²) in [4.78, 5) is 16.6. The standard InChI is InChI=1S/C17H13N5O2/c18-7-11-1-3-12(4-2-11)15-5-13(6-16-19-10-20-22(15)16)17(23)21-14-8-24-9-14/h1-6,10,14H,8-9H2,(H,21,23). The number of nitrogens with one attached hydrogen (secondary N) is 1. The number of nitriles is 1. The SMILES string of the molecule is N#Cc1ccc(-c2cc(C(=O)NC3COC3)cc3ncnn23)cc1. The summed E-state index contributed by atoms with van der Waals surface area (Å²) in [6.45, 7) is 1.09. The number of pyridine rings is 1. The minimum absolute atomic E-state index is 0.0601. The van der Waals surface area contributed by atoms with Crippen molar-refractivity contribution in [2.24, 2.45) is 0 Å². The maximum absolute atomic E-state index is 12.4. The molecule has 0 bridgehead atoms. The highest BCUT2D eigenvalue weighted by Crippen LogP contribution is 2.22. The Bertz CT molecular complexity index is 951. The predicted molar refractivity (Wildman–Crippen MR) is 85.2 cm³/mol. The first-order valence-corrected chi connectivity index (χ1v) is 7.47. The summed E-state index contributed by atoms with van der Waals surface area (Å²) in [5.74, 6) is -0.163. The predicted octanol–water partition coefficient (Wildman–Crippen LogP) is 1.40. The number of carbonyl (C=O) groups is 1. The molecule has 4 rings (SSSR count). The monoisotopic (exact) mass is 319 g/mol. The van der Waals surface area contributed by atoms with E-state index in [9.17, 15) is 4.79 Å². The lowest BCUT2D eigenvalue weighted by atomic mass is 10.1. The first kappa shape index (κ1) is 14.4. The molecule has 1 saturated heterocycles. The third kappa shape index (κ3) is 2.49. The largest absolute Gasteiger partial charge is 0.377 e. The summed E-state index contributed by atoms with van der Waals surface area (Å²) in [5.41, 5.74) is 3.27. The molecule has 3 heterocycles. The van der Waals surface area contributed by atoms with Gasteiger partial charge >= 0.3 is 0 Å². The van der Waals surface area contributed by atoms with Crippen LogP contribution in [0, 0.1) is 11.3 Å². The molecule has 1 N–H and O–H groups in total. The molecule has 7 nitrogen and oxygen atoms in total. The number of hydrogen-bond donors (Lipinski definition) is 1. The van der Waals surface area contributed by atoms with Crippen molar-refractivity contribution >= 4 is 11.6 Å². The van der Waals surface area contributed by atoms with Gasteiger partial charge in [0.2, 0.25) is 0 Å². The van der Waals surface area contributed by atoms with Crippen molar-refractivity contribution in [3.05, 3.63) is 53.9 Å². The molecular weight excluding hydrogens is 306 g/mol. The Labute approximate surface area is 137 Å². The van der Waals surface area contributed by atoms with Crippen molar-refractivity contribution in [3.8, 4) is 17.3 Å². The maximum Gasteiger partial charge on any atom is 0.251 e. The van der Waals surface area contributed by atoms with Crippen molar-refractivity contribution < 1.29 is 9.53 Å². The molecule has 0 saturated carbocycles. The van der Waals surface area contributed by atoms with Gasteiger partial charge in [-0.2, -0.15) is 10.4 Å². The van der Waals surface area contributed by atoms with Gasteiger partial charge in [0.25, 0.3) is 5.91 Å². The quantitative estimate of drug-likeness (QED) is 0.787. The normalized spacial score (nSPS) is 14.1. The van der Waals surface area contributed by atoms with Gasteiger partial charge in [0.15, 0.2) is 5.65 Å². The average molecular weight is 319 g/mol. The van der Waals surface area contributed by atoms with Crippen molar-refractivity contribution in [3.63, 3.8) is 0 Å². The molecule has 0 unspecified atom stereocenters. The molecule has 3 aromatic rings. The number of hydrogen-bond acceptors (Lipinski definition) is 5. The summed E-state index contributed by atoms with van der Waals surface area (Å²) in [7, 11) is 0. The molecule has 1 aliphatic heterocycles. The second-order valence-electron chi connectivity index (χ2n) is 5.56. The van der Waals surface area contributed by atoms with Crippen LogP contribution in [0.15, 0.2) is 42.7 Å². The molecule has 0 spiro atoms. The summed E-state index contributed by atoms with van der Waals surface area (Å²) in [6.07, 6.45) is 1.45. The highest BCUT2D eigenvalue weighted by Gasteiger charge is 2.22. The van der Waals surface area contributed by atoms with Crippen LogP contribution in [0.3, 0.4) is 0 Å². The summed E-state index contributed by atoms with van der Waals surface area (Å²) < 4.78 is 6.75. The van der Waals surface area contributed by atoms with E-state index in [1.807, 2.05) is 12.1 Å². The number of nitrogens with zero attached hydrogens (tertiary/aromatic N) is 4. The third-order valence-electron chi connectivity index (χ3n) is 3.92. The van der Waals surface area contributed by atoms with Gasteiger partial charge in [-0.05, 0) is 24.3 Å². The van der Waals surface area contributed by atoms with Gasteiger partial charge < -0.3 is 10.1 Å². The van der Waals surface area contributed by atoms with Gasteiger partial charge in [-0.3, -0.25) is 4.79 Å². The zero-order valence-corrected chi connectivity index (χ0v) is 12.6. The van der Waals surface area contributed by atoms with Crippen LogP contribution in [0.1, 0.15) is 15.9 Å². The Kier molecular flexibility index (Phi) is 3.44. The number of amides is 1. The molecule has 1 fully saturated rings. The van der Waals surface area contributed by atoms with E-state index in [1.54, 1.807) is 28.8 Å². The fourth-order valence-corrected chi connectivity index (χ4v) is 2.56. The molecule has 7 heteroatoms. The van der Waals surface area contributed by atoms with Gasteiger partial charge in [0.05, 0.1) is 36.6 Å². The van der Waals surface area contributed by atoms with Crippen molar-refractivity contribution in [1.29, 1.82) is 5.26 Å². The van der Waals surface area contributed by atoms with E-state index in [0.717, 1.165) is 11.3 Å². The lowest BCUT2D eigenvalue weighted by molar-refractivity contribution is -0.00346. The number of benzene rings is 1. The van der Waals surface area contributed by atoms with Gasteiger partial charge in [0, 0.05) is 11.1 Å². The Morgan fingerprint density at radius 2 is 2.08 bits per heavy atom. The molecule has 1 aromatic carbocycles. The summed E-state index contributed by atoms with van der Waals surface area (Å²) >= 11 is 0. The molecule has 2 aromatic heterocycles. The number of rotatable bonds is 3. The second-order valence-corrected chi connectivity index (χ2v) is 5.56. The lowest BCUT2D eigenvalue weighted by Crippen LogP contribution is -2.48. The number of carbonyl (C=O) groups excluding carboxylic acids is 1. The third-order valence-corrected chi connectivity index (χ3v) is 3.92. The molecule has 118 valence electrons. The zero-order chi connectivity index (χ0) is 16.5. The molecule has 1 aliphatic rings. The minimum atomic E-state index is -0.163. The van der Waals surface area contributed by atoms with Crippen LogP contribution < -0.4 is 5.32 Å². The highest BCUT2D eigenvalue weighted by molar-refractivity contribution is 5.96. The Hall–Kier alpha value is -3.24. The van der Waals surface area contributed by atoms with Crippen LogP contribution in [0.2, 0.25) is 0 Å². The molecule has 0 radical (unpaired) electrons. The molecule has 1 amide bonds. The van der Waals surface area contributed by atoms with E-state index in [0.29, 0.717) is 30.0 Å². The second kappa shape index (κ2) is 5.76. The highest BCUT2D eigenvalue weighted by atomic mass is 16.5. The fourth-order valence-electron chi connectivity index (χ4n) is 2.56. The van der Waals surface area contributed by atoms with E-state index < -0.39 is 0 Å². The van der Waals surface area contributed by atoms with Crippen molar-refractivity contribution in [1.82, 2.24) is 19.9 Å². The van der Waals surface area contributed by atoms with E-state index in [-0.39, 0.29) is 11.9 Å². The van der Waals surface area contributed by atoms with E-state index in [2.05, 4.69) is 21.5 Å². The Morgan fingerprint density at radius 1 is 1.29 bits per heavy atom. The smallest absolute Gasteiger partial charge is 0.251 e. The first-order chi connectivity index (χ1) is 11.7. The summed E-state index contributed by atoms with van der Waals surface area (Å²) in [5, 5.41) is 16.1. The average Bonchev–Trinajstić information content (AvgIpc) is 3.05. The molecule has 24 heavy (non-hydrogen) atoms. The molecule has 0 aliphatic carbocycles. The molecule has 0 atom stereocenters. The van der Waals surface area contributed by atoms with Gasteiger partial charge in [0.1, 0.15) is 6.33 Å². The number of ether oxygens (including phenoxy) is 1. The van der Waals surface area contributed by atoms with Crippen LogP contribution in [0.4, 0.5) is 0 Å². The Balaban J connectivity index is 1.76. The van der Waals surface area contributed by atoms with Gasteiger partial charge in [-0.1, -0.05) is 12.1 Å². The minimum Gasteiger partial charge on any atom is -0.377 e. The van der Waals surface area contributed by atoms with Crippen molar-refractivity contribution in [2.75, 3.05) is 13.2 Å². The first-order valence-electron chi connectivity index (χ1n) is 7.47. The topological polar surface area (TPSA) is 92.3 Å². The van der Waals surface area contributed by atoms with Gasteiger partial charge in [-0.15, -0.1) is 0 Å². The lowest BCUT2D eigenvalue weighted by Gasteiger charge is -2.26. The van der Waals surface area contributed by atoms with Crippen LogP contribution in [-0.4, -0.2) is 39.8 Å². The van der Waals surface area contributed by atoms with E-state index in [1.165, 1.54) is 6.33 Å². The zero-order valence-electron chi connectivity index (χ0n) is 12.6. The van der Waals surface area contributed by atoms with Crippen LogP contribution in [0.5, 0.6) is 0 Å². The van der Waals surface area contributed by atoms with E-state index in [4.69, 9.17) is 10.00 Å². The van der Waals surface area contributed by atoms with Crippen LogP contribution in [0.25, 0.3) is 16.9 Å².